The smallest absolute Gasteiger partial charge is 0.256 e. The third-order valence-corrected chi connectivity index (χ3v) is 5.11. The van der Waals surface area contributed by atoms with Gasteiger partial charge in [-0.3, -0.25) is 4.79 Å². The highest BCUT2D eigenvalue weighted by atomic mass is 19.1. The van der Waals surface area contributed by atoms with E-state index in [9.17, 15) is 9.18 Å². The van der Waals surface area contributed by atoms with E-state index in [-0.39, 0.29) is 29.3 Å². The molecule has 1 saturated heterocycles. The predicted octanol–water partition coefficient (Wildman–Crippen LogP) is 3.18. The fourth-order valence-electron chi connectivity index (χ4n) is 3.57. The molecule has 29 heavy (non-hydrogen) atoms. The minimum Gasteiger partial charge on any atom is -0.472 e. The van der Waals surface area contributed by atoms with E-state index in [0.29, 0.717) is 12.4 Å². The molecule has 0 bridgehead atoms. The number of ether oxygens (including phenoxy) is 1. The Morgan fingerprint density at radius 1 is 1.17 bits per heavy atom. The number of para-hydroxylation sites is 1. The van der Waals surface area contributed by atoms with Crippen molar-refractivity contribution in [1.29, 1.82) is 0 Å². The zero-order valence-electron chi connectivity index (χ0n) is 16.3. The number of aromatic nitrogens is 4. The first-order chi connectivity index (χ1) is 14.0. The lowest BCUT2D eigenvalue weighted by atomic mass is 9.99. The molecular weight excluding hydrogens is 373 g/mol. The number of pyridine rings is 1. The second kappa shape index (κ2) is 7.98. The van der Waals surface area contributed by atoms with Crippen LogP contribution in [0.25, 0.3) is 5.69 Å². The molecule has 3 aromatic rings. The van der Waals surface area contributed by atoms with Gasteiger partial charge in [-0.25, -0.2) is 9.37 Å². The number of carbonyl (C=O) groups is 1. The summed E-state index contributed by atoms with van der Waals surface area (Å²) in [6, 6.07) is 8.20. The van der Waals surface area contributed by atoms with Gasteiger partial charge in [0.1, 0.15) is 11.8 Å². The minimum atomic E-state index is -0.548. The van der Waals surface area contributed by atoms with Gasteiger partial charge in [0.2, 0.25) is 5.88 Å². The SMILES string of the molecule is Cc1ccnc(O[C@@H]2CC[C@@H](C)N(C(=O)c3cccc(F)c3-n3nccn3)C2)c1. The second-order valence-electron chi connectivity index (χ2n) is 7.25. The number of amides is 1. The summed E-state index contributed by atoms with van der Waals surface area (Å²) >= 11 is 0. The average Bonchev–Trinajstić information content (AvgIpc) is 3.23. The summed E-state index contributed by atoms with van der Waals surface area (Å²) < 4.78 is 20.6. The maximum absolute atomic E-state index is 14.5. The molecule has 8 heteroatoms. The molecule has 0 radical (unpaired) electrons. The Kier molecular flexibility index (Phi) is 5.24. The molecule has 2 atom stereocenters. The van der Waals surface area contributed by atoms with Crippen molar-refractivity contribution in [1.82, 2.24) is 24.9 Å². The van der Waals surface area contributed by atoms with Crippen LogP contribution in [-0.2, 0) is 0 Å². The van der Waals surface area contributed by atoms with Crippen molar-refractivity contribution >= 4 is 5.91 Å². The molecule has 0 aliphatic carbocycles. The molecule has 2 aromatic heterocycles. The molecule has 1 amide bonds. The highest BCUT2D eigenvalue weighted by molar-refractivity contribution is 5.98. The number of hydrogen-bond donors (Lipinski definition) is 0. The molecule has 1 aliphatic rings. The Hall–Kier alpha value is -3.29. The number of aryl methyl sites for hydroxylation is 1. The zero-order valence-corrected chi connectivity index (χ0v) is 16.3. The number of halogens is 1. The first-order valence-electron chi connectivity index (χ1n) is 9.58. The molecule has 0 unspecified atom stereocenters. The molecule has 1 fully saturated rings. The van der Waals surface area contributed by atoms with Crippen molar-refractivity contribution in [2.24, 2.45) is 0 Å². The molecule has 150 valence electrons. The van der Waals surface area contributed by atoms with Crippen molar-refractivity contribution < 1.29 is 13.9 Å². The number of benzene rings is 1. The van der Waals surface area contributed by atoms with Crippen LogP contribution >= 0.6 is 0 Å². The van der Waals surface area contributed by atoms with Crippen molar-refractivity contribution in [2.45, 2.75) is 38.8 Å². The maximum atomic E-state index is 14.5. The fraction of sp³-hybridized carbons (Fsp3) is 0.333. The van der Waals surface area contributed by atoms with Gasteiger partial charge in [-0.05, 0) is 50.5 Å². The zero-order chi connectivity index (χ0) is 20.4. The predicted molar refractivity (Wildman–Crippen MR) is 104 cm³/mol. The van der Waals surface area contributed by atoms with Crippen molar-refractivity contribution in [3.8, 4) is 11.6 Å². The summed E-state index contributed by atoms with van der Waals surface area (Å²) in [5.41, 5.74) is 1.34. The van der Waals surface area contributed by atoms with Gasteiger partial charge in [0.25, 0.3) is 5.91 Å². The van der Waals surface area contributed by atoms with E-state index in [1.54, 1.807) is 17.2 Å². The summed E-state index contributed by atoms with van der Waals surface area (Å²) in [6.07, 6.45) is 6.02. The quantitative estimate of drug-likeness (QED) is 0.678. The molecule has 3 heterocycles. The van der Waals surface area contributed by atoms with E-state index < -0.39 is 5.82 Å². The van der Waals surface area contributed by atoms with E-state index in [2.05, 4.69) is 15.2 Å². The van der Waals surface area contributed by atoms with Gasteiger partial charge in [-0.2, -0.15) is 10.2 Å². The summed E-state index contributed by atoms with van der Waals surface area (Å²) in [5, 5.41) is 7.99. The number of likely N-dealkylation sites (tertiary alicyclic amines) is 1. The maximum Gasteiger partial charge on any atom is 0.256 e. The highest BCUT2D eigenvalue weighted by Gasteiger charge is 2.33. The molecule has 0 N–H and O–H groups in total. The lowest BCUT2D eigenvalue weighted by Gasteiger charge is -2.38. The van der Waals surface area contributed by atoms with Crippen LogP contribution in [0.3, 0.4) is 0 Å². The normalized spacial score (nSPS) is 19.2. The third kappa shape index (κ3) is 3.96. The monoisotopic (exact) mass is 395 g/mol. The van der Waals surface area contributed by atoms with E-state index >= 15 is 0 Å². The Balaban J connectivity index is 1.59. The Labute approximate surface area is 168 Å². The van der Waals surface area contributed by atoms with Crippen LogP contribution in [-0.4, -0.2) is 49.5 Å². The Morgan fingerprint density at radius 3 is 2.72 bits per heavy atom. The first kappa shape index (κ1) is 19.0. The largest absolute Gasteiger partial charge is 0.472 e. The molecule has 0 spiro atoms. The number of piperidine rings is 1. The van der Waals surface area contributed by atoms with E-state index in [0.717, 1.165) is 23.2 Å². The standard InChI is InChI=1S/C21H22FN5O2/c1-14-8-9-23-19(12-14)29-16-7-6-15(2)26(13-16)21(28)17-4-3-5-18(22)20(17)27-24-10-11-25-27/h3-5,8-12,15-16H,6-7,13H2,1-2H3/t15-,16-/m1/s1. The fourth-order valence-corrected chi connectivity index (χ4v) is 3.57. The van der Waals surface area contributed by atoms with Crippen molar-refractivity contribution in [3.63, 3.8) is 0 Å². The van der Waals surface area contributed by atoms with Crippen molar-refractivity contribution in [2.75, 3.05) is 6.54 Å². The van der Waals surface area contributed by atoms with Crippen LogP contribution in [0.1, 0.15) is 35.7 Å². The molecule has 1 aromatic carbocycles. The third-order valence-electron chi connectivity index (χ3n) is 5.11. The van der Waals surface area contributed by atoms with E-state index in [1.807, 2.05) is 26.0 Å². The van der Waals surface area contributed by atoms with Gasteiger partial charge in [0.05, 0.1) is 24.5 Å². The highest BCUT2D eigenvalue weighted by Crippen LogP contribution is 2.26. The van der Waals surface area contributed by atoms with Gasteiger partial charge >= 0.3 is 0 Å². The van der Waals surface area contributed by atoms with Gasteiger partial charge < -0.3 is 9.64 Å². The topological polar surface area (TPSA) is 73.1 Å². The number of rotatable bonds is 4. The molecular formula is C21H22FN5O2. The van der Waals surface area contributed by atoms with Crippen LogP contribution in [0.5, 0.6) is 5.88 Å². The summed E-state index contributed by atoms with van der Waals surface area (Å²) in [4.78, 5) is 20.5. The van der Waals surface area contributed by atoms with Crippen LogP contribution in [0, 0.1) is 12.7 Å². The second-order valence-corrected chi connectivity index (χ2v) is 7.25. The van der Waals surface area contributed by atoms with Gasteiger partial charge in [0.15, 0.2) is 5.82 Å². The summed E-state index contributed by atoms with van der Waals surface area (Å²) in [5.74, 6) is -0.271. The summed E-state index contributed by atoms with van der Waals surface area (Å²) in [7, 11) is 0. The number of carbonyl (C=O) groups excluding carboxylic acids is 1. The van der Waals surface area contributed by atoms with E-state index in [1.165, 1.54) is 24.5 Å². The number of nitrogens with zero attached hydrogens (tertiary/aromatic N) is 5. The first-order valence-corrected chi connectivity index (χ1v) is 9.58. The van der Waals surface area contributed by atoms with Crippen LogP contribution in [0.4, 0.5) is 4.39 Å². The minimum absolute atomic E-state index is 0.00881. The average molecular weight is 395 g/mol. The molecule has 0 saturated carbocycles. The van der Waals surface area contributed by atoms with Crippen LogP contribution in [0.15, 0.2) is 48.9 Å². The summed E-state index contributed by atoms with van der Waals surface area (Å²) in [6.45, 7) is 4.37. The Bertz CT molecular complexity index is 1010. The van der Waals surface area contributed by atoms with Gasteiger partial charge in [0, 0.05) is 18.3 Å². The molecule has 1 aliphatic heterocycles. The van der Waals surface area contributed by atoms with E-state index in [4.69, 9.17) is 4.74 Å². The number of hydrogen-bond acceptors (Lipinski definition) is 5. The molecule has 7 nitrogen and oxygen atoms in total. The van der Waals surface area contributed by atoms with Crippen LogP contribution < -0.4 is 4.74 Å². The lowest BCUT2D eigenvalue weighted by molar-refractivity contribution is 0.0372. The van der Waals surface area contributed by atoms with Gasteiger partial charge in [-0.1, -0.05) is 6.07 Å². The van der Waals surface area contributed by atoms with Crippen molar-refractivity contribution in [3.05, 3.63) is 65.9 Å². The Morgan fingerprint density at radius 2 is 1.97 bits per heavy atom. The van der Waals surface area contributed by atoms with Crippen LogP contribution in [0.2, 0.25) is 0 Å². The molecule has 4 rings (SSSR count). The van der Waals surface area contributed by atoms with Gasteiger partial charge in [-0.15, -0.1) is 4.80 Å². The lowest BCUT2D eigenvalue weighted by Crippen LogP contribution is -2.49.